The summed E-state index contributed by atoms with van der Waals surface area (Å²) in [4.78, 5) is 10.9. The van der Waals surface area contributed by atoms with E-state index in [0.717, 1.165) is 16.7 Å². The van der Waals surface area contributed by atoms with Crippen LogP contribution < -0.4 is 0 Å². The summed E-state index contributed by atoms with van der Waals surface area (Å²) in [6.07, 6.45) is 0.583. The highest BCUT2D eigenvalue weighted by Gasteiger charge is 2.22. The Morgan fingerprint density at radius 3 is 1.58 bits per heavy atom. The molecule has 1 unspecified atom stereocenters. The molecular weight excluding hydrogens is 236 g/mol. The van der Waals surface area contributed by atoms with Crippen LogP contribution in [-0.4, -0.2) is 11.4 Å². The smallest absolute Gasteiger partial charge is 0.234 e. The molecule has 105 valence electrons. The molecule has 2 nitrogen and oxygen atoms in total. The molecule has 1 rings (SSSR count). The van der Waals surface area contributed by atoms with Crippen molar-refractivity contribution in [3.8, 4) is 0 Å². The first-order valence-corrected chi connectivity index (χ1v) is 7.02. The Morgan fingerprint density at radius 2 is 1.32 bits per heavy atom. The zero-order valence-electron chi connectivity index (χ0n) is 12.8. The first kappa shape index (κ1) is 15.9. The van der Waals surface area contributed by atoms with Gasteiger partial charge in [-0.05, 0) is 40.0 Å². The molecule has 0 amide bonds. The monoisotopic (exact) mass is 261 g/mol. The zero-order valence-corrected chi connectivity index (χ0v) is 12.8. The van der Waals surface area contributed by atoms with Crippen molar-refractivity contribution in [1.29, 1.82) is 0 Å². The lowest BCUT2D eigenvalue weighted by Gasteiger charge is -2.23. The van der Waals surface area contributed by atoms with E-state index >= 15 is 0 Å². The van der Waals surface area contributed by atoms with Gasteiger partial charge in [0, 0.05) is 0 Å². The second-order valence-electron chi connectivity index (χ2n) is 6.10. The first-order chi connectivity index (χ1) is 8.79. The van der Waals surface area contributed by atoms with Crippen molar-refractivity contribution in [2.24, 2.45) is 0 Å². The normalized spacial score (nSPS) is 13.4. The van der Waals surface area contributed by atoms with Crippen molar-refractivity contribution in [2.45, 2.75) is 65.4 Å². The van der Waals surface area contributed by atoms with Gasteiger partial charge < -0.3 is 5.11 Å². The van der Waals surface area contributed by atoms with E-state index in [2.05, 4.69) is 53.7 Å². The Hall–Kier alpha value is -1.15. The van der Waals surface area contributed by atoms with Crippen LogP contribution in [0.1, 0.15) is 87.7 Å². The van der Waals surface area contributed by atoms with Gasteiger partial charge in [-0.2, -0.15) is 0 Å². The van der Waals surface area contributed by atoms with E-state index in [1.807, 2.05) is 0 Å². The third-order valence-electron chi connectivity index (χ3n) is 3.56. The van der Waals surface area contributed by atoms with Crippen LogP contribution in [0.3, 0.4) is 0 Å². The molecule has 19 heavy (non-hydrogen) atoms. The Bertz CT molecular complexity index is 416. The lowest BCUT2D eigenvalue weighted by Crippen LogP contribution is -2.11. The number of hydrogen-bond acceptors (Lipinski definition) is 2. The molecule has 0 aromatic heterocycles. The van der Waals surface area contributed by atoms with Gasteiger partial charge in [0.25, 0.3) is 0 Å². The van der Waals surface area contributed by atoms with Crippen LogP contribution in [0, 0.1) is 0 Å². The summed E-state index contributed by atoms with van der Waals surface area (Å²) in [6.45, 7) is 12.7. The maximum Gasteiger partial charge on any atom is 0.234 e. The minimum Gasteiger partial charge on any atom is -0.380 e. The fourth-order valence-corrected chi connectivity index (χ4v) is 2.39. The molecule has 1 aromatic carbocycles. The number of aliphatic hydroxyl groups excluding tert-OH is 1. The highest BCUT2D eigenvalue weighted by atomic mass is 16.3. The van der Waals surface area contributed by atoms with Crippen LogP contribution in [0.15, 0.2) is 12.1 Å². The third kappa shape index (κ3) is 3.44. The molecule has 0 aliphatic heterocycles. The molecule has 0 spiro atoms. The fraction of sp³-hybridized carbons (Fsp3) is 0.588. The fourth-order valence-electron chi connectivity index (χ4n) is 2.39. The van der Waals surface area contributed by atoms with Gasteiger partial charge in [-0.1, -0.05) is 53.7 Å². The number of benzene rings is 1. The molecule has 0 fully saturated rings. The van der Waals surface area contributed by atoms with E-state index in [0.29, 0.717) is 5.92 Å². The van der Waals surface area contributed by atoms with E-state index in [1.165, 1.54) is 5.56 Å². The van der Waals surface area contributed by atoms with Crippen LogP contribution in [0.4, 0.5) is 0 Å². The SMILES string of the molecule is CC(C)c1cc(C(C)C)c(C(O)[C]=O)c(C(C)C)c1. The van der Waals surface area contributed by atoms with Gasteiger partial charge >= 0.3 is 0 Å². The second-order valence-corrected chi connectivity index (χ2v) is 6.10. The molecule has 1 radical (unpaired) electrons. The average molecular weight is 261 g/mol. The van der Waals surface area contributed by atoms with E-state index in [4.69, 9.17) is 0 Å². The van der Waals surface area contributed by atoms with Gasteiger partial charge in [0.05, 0.1) is 0 Å². The molecule has 1 N–H and O–H groups in total. The molecular formula is C17H25O2. The predicted octanol–water partition coefficient (Wildman–Crippen LogP) is 4.20. The molecule has 0 aliphatic rings. The quantitative estimate of drug-likeness (QED) is 0.862. The van der Waals surface area contributed by atoms with Crippen LogP contribution >= 0.6 is 0 Å². The zero-order chi connectivity index (χ0) is 14.7. The summed E-state index contributed by atoms with van der Waals surface area (Å²) in [7, 11) is 0. The molecule has 2 heteroatoms. The first-order valence-electron chi connectivity index (χ1n) is 7.02. The summed E-state index contributed by atoms with van der Waals surface area (Å²) < 4.78 is 0. The van der Waals surface area contributed by atoms with Crippen molar-refractivity contribution in [2.75, 3.05) is 0 Å². The van der Waals surface area contributed by atoms with Crippen LogP contribution in [0.5, 0.6) is 0 Å². The van der Waals surface area contributed by atoms with Crippen LogP contribution in [0.2, 0.25) is 0 Å². The topological polar surface area (TPSA) is 37.3 Å². The number of aliphatic hydroxyl groups is 1. The summed E-state index contributed by atoms with van der Waals surface area (Å²) >= 11 is 0. The molecule has 1 atom stereocenters. The number of rotatable bonds is 5. The lowest BCUT2D eigenvalue weighted by atomic mass is 9.82. The Labute approximate surface area is 116 Å². The van der Waals surface area contributed by atoms with Gasteiger partial charge in [-0.15, -0.1) is 0 Å². The van der Waals surface area contributed by atoms with Crippen LogP contribution in [0.25, 0.3) is 0 Å². The number of carbonyl (C=O) groups excluding carboxylic acids is 1. The minimum atomic E-state index is -1.14. The van der Waals surface area contributed by atoms with Gasteiger partial charge in [-0.3, -0.25) is 4.79 Å². The average Bonchev–Trinajstić information content (AvgIpc) is 2.35. The summed E-state index contributed by atoms with van der Waals surface area (Å²) in [5, 5.41) is 9.99. The minimum absolute atomic E-state index is 0.272. The molecule has 0 saturated carbocycles. The highest BCUT2D eigenvalue weighted by molar-refractivity contribution is 5.64. The van der Waals surface area contributed by atoms with Gasteiger partial charge in [0.1, 0.15) is 6.10 Å². The van der Waals surface area contributed by atoms with E-state index in [-0.39, 0.29) is 11.8 Å². The maximum absolute atomic E-state index is 10.9. The molecule has 1 aromatic rings. The second kappa shape index (κ2) is 6.33. The molecule has 0 saturated heterocycles. The van der Waals surface area contributed by atoms with E-state index in [1.54, 1.807) is 6.29 Å². The van der Waals surface area contributed by atoms with Crippen molar-refractivity contribution in [3.05, 3.63) is 34.4 Å². The standard InChI is InChI=1S/C17H25O2/c1-10(2)13-7-14(11(3)4)17(16(19)9-18)15(8-13)12(5)6/h7-8,10-12,16,19H,1-6H3. The largest absolute Gasteiger partial charge is 0.380 e. The van der Waals surface area contributed by atoms with Crippen molar-refractivity contribution in [3.63, 3.8) is 0 Å². The van der Waals surface area contributed by atoms with Crippen LogP contribution in [-0.2, 0) is 4.79 Å². The molecule has 0 heterocycles. The molecule has 0 aliphatic carbocycles. The lowest BCUT2D eigenvalue weighted by molar-refractivity contribution is 0.237. The summed E-state index contributed by atoms with van der Waals surface area (Å²) in [6, 6.07) is 4.24. The third-order valence-corrected chi connectivity index (χ3v) is 3.56. The summed E-state index contributed by atoms with van der Waals surface area (Å²) in [5.41, 5.74) is 4.13. The van der Waals surface area contributed by atoms with Crippen molar-refractivity contribution in [1.82, 2.24) is 0 Å². The van der Waals surface area contributed by atoms with Crippen molar-refractivity contribution >= 4 is 6.29 Å². The Morgan fingerprint density at radius 1 is 0.895 bits per heavy atom. The Balaban J connectivity index is 3.60. The summed E-state index contributed by atoms with van der Waals surface area (Å²) in [5.74, 6) is 0.977. The molecule has 0 bridgehead atoms. The van der Waals surface area contributed by atoms with E-state index in [9.17, 15) is 9.90 Å². The van der Waals surface area contributed by atoms with Gasteiger partial charge in [0.15, 0.2) is 0 Å². The van der Waals surface area contributed by atoms with E-state index < -0.39 is 6.10 Å². The van der Waals surface area contributed by atoms with Gasteiger partial charge in [0.2, 0.25) is 6.29 Å². The predicted molar refractivity (Wildman–Crippen MR) is 79.4 cm³/mol. The number of hydrogen-bond donors (Lipinski definition) is 1. The van der Waals surface area contributed by atoms with Crippen molar-refractivity contribution < 1.29 is 9.90 Å². The highest BCUT2D eigenvalue weighted by Crippen LogP contribution is 2.35. The Kier molecular flexibility index (Phi) is 5.30. The van der Waals surface area contributed by atoms with Gasteiger partial charge in [-0.25, -0.2) is 0 Å². The maximum atomic E-state index is 10.9.